The van der Waals surface area contributed by atoms with Gasteiger partial charge in [0, 0.05) is 0 Å². The van der Waals surface area contributed by atoms with E-state index in [1.54, 1.807) is 10.6 Å². The third kappa shape index (κ3) is 3.19. The summed E-state index contributed by atoms with van der Waals surface area (Å²) in [5.41, 5.74) is 3.95. The second-order valence-electron chi connectivity index (χ2n) is 8.17. The van der Waals surface area contributed by atoms with Crippen molar-refractivity contribution in [1.29, 1.82) is 0 Å². The highest BCUT2D eigenvalue weighted by Gasteiger charge is 2.42. The second kappa shape index (κ2) is 7.63. The van der Waals surface area contributed by atoms with Gasteiger partial charge >= 0.3 is 0 Å². The Labute approximate surface area is 154 Å². The molecule has 0 amide bonds. The summed E-state index contributed by atoms with van der Waals surface area (Å²) < 4.78 is 0. The van der Waals surface area contributed by atoms with Crippen LogP contribution in [0.15, 0.2) is 48.5 Å². The van der Waals surface area contributed by atoms with Crippen LogP contribution in [-0.2, 0) is 0 Å². The summed E-state index contributed by atoms with van der Waals surface area (Å²) in [7, 11) is -1.27. The zero-order chi connectivity index (χ0) is 17.1. The lowest BCUT2D eigenvalue weighted by Gasteiger charge is -2.39. The van der Waals surface area contributed by atoms with Crippen molar-refractivity contribution >= 4 is 17.9 Å². The molecule has 133 valence electrons. The molecule has 1 heteroatoms. The molecule has 1 saturated carbocycles. The SMILES string of the molecule is C[P]1(C2CCCCCCCCCC2)c2ccccc2-c2ccccc21. The maximum Gasteiger partial charge on any atom is -0.0101 e. The number of hydrogen-bond acceptors (Lipinski definition) is 0. The minimum absolute atomic E-state index is 0.885. The minimum atomic E-state index is -1.27. The fourth-order valence-electron chi connectivity index (χ4n) is 5.22. The molecule has 0 bridgehead atoms. The van der Waals surface area contributed by atoms with Crippen LogP contribution in [0.5, 0.6) is 0 Å². The smallest absolute Gasteiger partial charge is 0.0101 e. The summed E-state index contributed by atoms with van der Waals surface area (Å²) in [5, 5.41) is 3.38. The van der Waals surface area contributed by atoms with Crippen LogP contribution in [0.2, 0.25) is 0 Å². The first-order chi connectivity index (χ1) is 12.3. The molecule has 2 aliphatic rings. The van der Waals surface area contributed by atoms with Gasteiger partial charge in [-0.05, 0) is 46.9 Å². The molecular weight excluding hydrogens is 319 g/mol. The number of benzene rings is 2. The van der Waals surface area contributed by atoms with Crippen LogP contribution in [0.3, 0.4) is 0 Å². The normalized spacial score (nSPS) is 21.2. The molecule has 4 rings (SSSR count). The van der Waals surface area contributed by atoms with E-state index < -0.39 is 7.26 Å². The largest absolute Gasteiger partial charge is 0.0687 e. The first-order valence-electron chi connectivity index (χ1n) is 10.4. The van der Waals surface area contributed by atoms with E-state index in [0.29, 0.717) is 0 Å². The van der Waals surface area contributed by atoms with Gasteiger partial charge in [-0.15, -0.1) is 0 Å². The van der Waals surface area contributed by atoms with Gasteiger partial charge in [-0.25, -0.2) is 0 Å². The van der Waals surface area contributed by atoms with Gasteiger partial charge in [0.05, 0.1) is 0 Å². The third-order valence-electron chi connectivity index (χ3n) is 6.65. The molecule has 0 nitrogen and oxygen atoms in total. The molecule has 1 fully saturated rings. The Morgan fingerprint density at radius 2 is 1.00 bits per heavy atom. The van der Waals surface area contributed by atoms with Crippen molar-refractivity contribution in [2.75, 3.05) is 6.66 Å². The summed E-state index contributed by atoms with van der Waals surface area (Å²) in [6.07, 6.45) is 14.5. The van der Waals surface area contributed by atoms with Crippen LogP contribution in [0.4, 0.5) is 0 Å². The molecule has 25 heavy (non-hydrogen) atoms. The third-order valence-corrected chi connectivity index (χ3v) is 11.4. The fourth-order valence-corrected chi connectivity index (χ4v) is 9.84. The molecule has 1 heterocycles. The Bertz CT molecular complexity index is 660. The van der Waals surface area contributed by atoms with Crippen molar-refractivity contribution in [2.24, 2.45) is 0 Å². The van der Waals surface area contributed by atoms with E-state index in [2.05, 4.69) is 55.2 Å². The molecule has 0 atom stereocenters. The topological polar surface area (TPSA) is 0 Å². The van der Waals surface area contributed by atoms with Gasteiger partial charge in [0.2, 0.25) is 0 Å². The summed E-state index contributed by atoms with van der Waals surface area (Å²) in [4.78, 5) is 0. The Hall–Kier alpha value is -1.13. The Balaban J connectivity index is 1.73. The zero-order valence-corrected chi connectivity index (χ0v) is 16.6. The fraction of sp³-hybridized carbons (Fsp3) is 0.500. The Morgan fingerprint density at radius 1 is 0.600 bits per heavy atom. The van der Waals surface area contributed by atoms with Crippen molar-refractivity contribution in [3.05, 3.63) is 48.5 Å². The van der Waals surface area contributed by atoms with Gasteiger partial charge in [0.15, 0.2) is 0 Å². The highest BCUT2D eigenvalue weighted by Crippen LogP contribution is 2.66. The average Bonchev–Trinajstić information content (AvgIpc) is 2.88. The highest BCUT2D eigenvalue weighted by atomic mass is 31.2. The Kier molecular flexibility index (Phi) is 5.28. The molecule has 1 aliphatic heterocycles. The first-order valence-corrected chi connectivity index (χ1v) is 12.7. The van der Waals surface area contributed by atoms with E-state index in [9.17, 15) is 0 Å². The van der Waals surface area contributed by atoms with E-state index in [1.807, 2.05) is 0 Å². The monoisotopic (exact) mass is 351 g/mol. The molecule has 0 aromatic heterocycles. The molecule has 2 aromatic rings. The van der Waals surface area contributed by atoms with Crippen molar-refractivity contribution in [2.45, 2.75) is 69.9 Å². The van der Waals surface area contributed by atoms with Crippen molar-refractivity contribution < 1.29 is 0 Å². The van der Waals surface area contributed by atoms with Crippen LogP contribution in [0.1, 0.15) is 64.2 Å². The lowest BCUT2D eigenvalue weighted by atomic mass is 10.1. The van der Waals surface area contributed by atoms with Gasteiger partial charge < -0.3 is 0 Å². The van der Waals surface area contributed by atoms with Gasteiger partial charge in [-0.3, -0.25) is 0 Å². The van der Waals surface area contributed by atoms with Gasteiger partial charge in [-0.1, -0.05) is 107 Å². The van der Waals surface area contributed by atoms with Crippen LogP contribution >= 0.6 is 7.26 Å². The van der Waals surface area contributed by atoms with E-state index in [-0.39, 0.29) is 0 Å². The molecule has 1 radical (unpaired) electrons. The average molecular weight is 351 g/mol. The molecule has 0 unspecified atom stereocenters. The van der Waals surface area contributed by atoms with Crippen LogP contribution < -0.4 is 10.6 Å². The summed E-state index contributed by atoms with van der Waals surface area (Å²) >= 11 is 0. The summed E-state index contributed by atoms with van der Waals surface area (Å²) in [6, 6.07) is 18.6. The van der Waals surface area contributed by atoms with E-state index >= 15 is 0 Å². The summed E-state index contributed by atoms with van der Waals surface area (Å²) in [5.74, 6) is 0. The lowest BCUT2D eigenvalue weighted by molar-refractivity contribution is 0.585. The summed E-state index contributed by atoms with van der Waals surface area (Å²) in [6.45, 7) is 2.65. The van der Waals surface area contributed by atoms with Gasteiger partial charge in [-0.2, -0.15) is 0 Å². The number of hydrogen-bond donors (Lipinski definition) is 0. The predicted molar refractivity (Wildman–Crippen MR) is 114 cm³/mol. The molecular formula is C24H32P. The van der Waals surface area contributed by atoms with Crippen molar-refractivity contribution in [1.82, 2.24) is 0 Å². The molecule has 0 N–H and O–H groups in total. The number of rotatable bonds is 1. The first kappa shape index (κ1) is 17.3. The molecule has 0 spiro atoms. The predicted octanol–water partition coefficient (Wildman–Crippen LogP) is 6.55. The standard InChI is InChI=1S/C24H32P/c1-25(20-14-8-6-4-2-3-5-7-9-15-20)23-18-12-10-16-21(23)22-17-11-13-19-24(22)25/h10-13,16-20H,2-9,14-15H2,1H3. The zero-order valence-electron chi connectivity index (χ0n) is 15.7. The van der Waals surface area contributed by atoms with Crippen LogP contribution in [0.25, 0.3) is 11.1 Å². The highest BCUT2D eigenvalue weighted by molar-refractivity contribution is 7.90. The van der Waals surface area contributed by atoms with Crippen LogP contribution in [0, 0.1) is 0 Å². The Morgan fingerprint density at radius 3 is 1.48 bits per heavy atom. The lowest BCUT2D eigenvalue weighted by Crippen LogP contribution is -2.27. The second-order valence-corrected chi connectivity index (χ2v) is 12.0. The van der Waals surface area contributed by atoms with Crippen LogP contribution in [-0.4, -0.2) is 12.3 Å². The van der Waals surface area contributed by atoms with E-state index in [4.69, 9.17) is 0 Å². The van der Waals surface area contributed by atoms with E-state index in [1.165, 1.54) is 75.3 Å². The molecule has 0 saturated heterocycles. The maximum absolute atomic E-state index is 2.65. The minimum Gasteiger partial charge on any atom is -0.0687 e. The van der Waals surface area contributed by atoms with E-state index in [0.717, 1.165) is 5.66 Å². The quantitative estimate of drug-likeness (QED) is 0.511. The maximum atomic E-state index is 2.65. The van der Waals surface area contributed by atoms with Gasteiger partial charge in [0.25, 0.3) is 0 Å². The van der Waals surface area contributed by atoms with Crippen molar-refractivity contribution in [3.63, 3.8) is 0 Å². The number of fused-ring (bicyclic) bond motifs is 3. The van der Waals surface area contributed by atoms with Crippen molar-refractivity contribution in [3.8, 4) is 11.1 Å². The van der Waals surface area contributed by atoms with Gasteiger partial charge in [0.1, 0.15) is 0 Å². The molecule has 1 aliphatic carbocycles. The molecule has 2 aromatic carbocycles.